The molecule has 1 saturated heterocycles. The number of carbonyl (C=O) groups is 1. The first-order valence-corrected chi connectivity index (χ1v) is 8.91. The first kappa shape index (κ1) is 23.0. The lowest BCUT2D eigenvalue weighted by molar-refractivity contribution is -0.155. The van der Waals surface area contributed by atoms with E-state index in [1.165, 1.54) is 6.07 Å². The number of nitrogen functional groups attached to an aromatic ring is 1. The molecule has 0 bridgehead atoms. The van der Waals surface area contributed by atoms with Gasteiger partial charge in [0.1, 0.15) is 42.8 Å². The minimum atomic E-state index is -2.28. The highest BCUT2D eigenvalue weighted by molar-refractivity contribution is 5.76. The van der Waals surface area contributed by atoms with Crippen molar-refractivity contribution in [2.45, 2.75) is 42.9 Å². The number of carbonyl (C=O) groups excluding carboxylic acids is 1. The Kier molecular flexibility index (Phi) is 7.29. The summed E-state index contributed by atoms with van der Waals surface area (Å²) in [6, 6.07) is 1.91. The Morgan fingerprint density at radius 1 is 1.50 bits per heavy atom. The summed E-state index contributed by atoms with van der Waals surface area (Å²) in [7, 11) is 0. The highest BCUT2D eigenvalue weighted by Crippen LogP contribution is 2.34. The predicted octanol–water partition coefficient (Wildman–Crippen LogP) is -3.95. The summed E-state index contributed by atoms with van der Waals surface area (Å²) in [5, 5.41) is 30.2. The van der Waals surface area contributed by atoms with Gasteiger partial charge in [0.15, 0.2) is 5.96 Å². The van der Waals surface area contributed by atoms with Gasteiger partial charge in [0.2, 0.25) is 0 Å². The molecule has 1 aromatic rings. The Morgan fingerprint density at radius 3 is 2.80 bits per heavy atom. The lowest BCUT2D eigenvalue weighted by Gasteiger charge is -2.26. The van der Waals surface area contributed by atoms with Crippen LogP contribution >= 0.6 is 0 Å². The second kappa shape index (κ2) is 9.50. The number of aliphatic imine (C=N–C) groups is 1. The quantitative estimate of drug-likeness (QED) is 0.101. The Labute approximate surface area is 170 Å². The van der Waals surface area contributed by atoms with Crippen molar-refractivity contribution >= 4 is 17.7 Å². The van der Waals surface area contributed by atoms with E-state index < -0.39 is 48.3 Å². The number of hydrogen-bond donors (Lipinski definition) is 6. The van der Waals surface area contributed by atoms with Gasteiger partial charge < -0.3 is 42.6 Å². The topological polar surface area (TPSA) is 251 Å². The molecule has 0 aromatic carbocycles. The number of aliphatic hydroxyl groups excluding tert-OH is 2. The fraction of sp³-hybridized carbons (Fsp3) is 0.562. The van der Waals surface area contributed by atoms with E-state index >= 15 is 0 Å². The lowest BCUT2D eigenvalue weighted by Crippen LogP contribution is -2.49. The molecule has 14 nitrogen and oxygen atoms in total. The highest BCUT2D eigenvalue weighted by Gasteiger charge is 2.57. The minimum Gasteiger partial charge on any atom is -0.462 e. The number of aliphatic hydroxyl groups is 2. The van der Waals surface area contributed by atoms with E-state index in [-0.39, 0.29) is 24.7 Å². The zero-order valence-corrected chi connectivity index (χ0v) is 15.9. The highest BCUT2D eigenvalue weighted by atomic mass is 16.6. The molecule has 2 heterocycles. The second-order valence-corrected chi connectivity index (χ2v) is 6.59. The van der Waals surface area contributed by atoms with Gasteiger partial charge in [-0.05, 0) is 18.9 Å². The summed E-state index contributed by atoms with van der Waals surface area (Å²) in [5.74, 6) is -0.962. The van der Waals surface area contributed by atoms with Gasteiger partial charge in [0.25, 0.3) is 5.72 Å². The molecule has 1 aliphatic heterocycles. The molecule has 0 spiro atoms. The zero-order chi connectivity index (χ0) is 22.5. The largest absolute Gasteiger partial charge is 0.462 e. The Morgan fingerprint density at radius 2 is 2.20 bits per heavy atom. The third-order valence-corrected chi connectivity index (χ3v) is 4.44. The molecular formula is C16H24N8O6. The lowest BCUT2D eigenvalue weighted by atomic mass is 10.0. The average molecular weight is 424 g/mol. The number of guanidine groups is 1. The summed E-state index contributed by atoms with van der Waals surface area (Å²) < 4.78 is 11.2. The predicted molar refractivity (Wildman–Crippen MR) is 102 cm³/mol. The van der Waals surface area contributed by atoms with Crippen molar-refractivity contribution < 1.29 is 24.5 Å². The molecule has 1 aromatic heterocycles. The first-order chi connectivity index (χ1) is 14.1. The number of anilines is 1. The minimum absolute atomic E-state index is 0.0755. The van der Waals surface area contributed by atoms with Gasteiger partial charge in [-0.15, -0.1) is 0 Å². The molecule has 0 aliphatic carbocycles. The third-order valence-electron chi connectivity index (χ3n) is 4.44. The smallest absolute Gasteiger partial charge is 0.352 e. The second-order valence-electron chi connectivity index (χ2n) is 6.59. The van der Waals surface area contributed by atoms with Crippen LogP contribution in [0.1, 0.15) is 12.8 Å². The Bertz CT molecular complexity index is 894. The monoisotopic (exact) mass is 424 g/mol. The number of nitrogens with zero attached hydrogens (tertiary/aromatic N) is 4. The molecular weight excluding hydrogens is 400 g/mol. The molecule has 0 saturated carbocycles. The number of nitriles is 1. The maximum atomic E-state index is 12.1. The third kappa shape index (κ3) is 4.83. The fourth-order valence-electron chi connectivity index (χ4n) is 2.86. The van der Waals surface area contributed by atoms with Crippen molar-refractivity contribution in [3.05, 3.63) is 22.7 Å². The number of hydrogen-bond acceptors (Lipinski definition) is 11. The van der Waals surface area contributed by atoms with Crippen LogP contribution in [0.4, 0.5) is 5.82 Å². The maximum absolute atomic E-state index is 12.1. The van der Waals surface area contributed by atoms with E-state index in [2.05, 4.69) is 9.98 Å². The SMILES string of the molecule is N#C[C@@]1(n2ccc(N)nc2=O)O[C@H](COC(=O)[C@H](N)CCCN=C(N)N)C(O)C1O. The van der Waals surface area contributed by atoms with E-state index in [1.807, 2.05) is 0 Å². The molecule has 1 aliphatic rings. The van der Waals surface area contributed by atoms with Gasteiger partial charge in [-0.25, -0.2) is 4.79 Å². The number of rotatable bonds is 8. The molecule has 10 N–H and O–H groups in total. The van der Waals surface area contributed by atoms with E-state index in [9.17, 15) is 25.1 Å². The van der Waals surface area contributed by atoms with Crippen LogP contribution in [0.2, 0.25) is 0 Å². The van der Waals surface area contributed by atoms with Gasteiger partial charge >= 0.3 is 11.7 Å². The molecule has 2 unspecified atom stereocenters. The van der Waals surface area contributed by atoms with Gasteiger partial charge in [0, 0.05) is 12.7 Å². The van der Waals surface area contributed by atoms with Crippen molar-refractivity contribution in [3.8, 4) is 6.07 Å². The Hall–Kier alpha value is -3.25. The van der Waals surface area contributed by atoms with Crippen molar-refractivity contribution in [1.82, 2.24) is 9.55 Å². The van der Waals surface area contributed by atoms with Crippen molar-refractivity contribution in [1.29, 1.82) is 5.26 Å². The average Bonchev–Trinajstić information content (AvgIpc) is 2.94. The maximum Gasteiger partial charge on any atom is 0.352 e. The zero-order valence-electron chi connectivity index (χ0n) is 15.9. The number of esters is 1. The molecule has 164 valence electrons. The standard InChI is InChI=1S/C16H24N8O6/c17-7-16(24-5-3-10(19)23-15(24)28)12(26)11(25)9(30-16)6-29-13(27)8(18)2-1-4-22-14(20)21/h3,5,8-9,11-12,25-26H,1-2,4,6,18H2,(H2,19,23,28)(H4,20,21,22)/t8-,9-,11?,12?,16-/m1/s1. The normalized spacial score (nSPS) is 26.5. The van der Waals surface area contributed by atoms with E-state index in [4.69, 9.17) is 32.4 Å². The number of nitrogens with two attached hydrogens (primary N) is 4. The van der Waals surface area contributed by atoms with Crippen LogP contribution in [0.3, 0.4) is 0 Å². The van der Waals surface area contributed by atoms with Crippen LogP contribution in [0.15, 0.2) is 22.1 Å². The van der Waals surface area contributed by atoms with Crippen LogP contribution in [0, 0.1) is 11.3 Å². The summed E-state index contributed by atoms with van der Waals surface area (Å²) in [6.45, 7) is -0.228. The molecule has 0 radical (unpaired) electrons. The summed E-state index contributed by atoms with van der Waals surface area (Å²) in [4.78, 5) is 31.4. The van der Waals surface area contributed by atoms with Crippen molar-refractivity contribution in [2.24, 2.45) is 22.2 Å². The van der Waals surface area contributed by atoms with Crippen LogP contribution in [-0.4, -0.2) is 69.2 Å². The molecule has 5 atom stereocenters. The van der Waals surface area contributed by atoms with Gasteiger partial charge in [-0.1, -0.05) is 0 Å². The van der Waals surface area contributed by atoms with Crippen molar-refractivity contribution in [3.63, 3.8) is 0 Å². The molecule has 1 fully saturated rings. The van der Waals surface area contributed by atoms with E-state index in [0.29, 0.717) is 11.0 Å². The summed E-state index contributed by atoms with van der Waals surface area (Å²) >= 11 is 0. The van der Waals surface area contributed by atoms with Gasteiger partial charge in [-0.3, -0.25) is 14.4 Å². The van der Waals surface area contributed by atoms with E-state index in [1.54, 1.807) is 6.07 Å². The fourth-order valence-corrected chi connectivity index (χ4v) is 2.86. The van der Waals surface area contributed by atoms with Crippen molar-refractivity contribution in [2.75, 3.05) is 18.9 Å². The van der Waals surface area contributed by atoms with Gasteiger partial charge in [0.05, 0.1) is 0 Å². The van der Waals surface area contributed by atoms with Crippen LogP contribution in [0.5, 0.6) is 0 Å². The van der Waals surface area contributed by atoms with E-state index in [0.717, 1.165) is 6.20 Å². The summed E-state index contributed by atoms with van der Waals surface area (Å²) in [5.41, 5.74) is 18.3. The van der Waals surface area contributed by atoms with Crippen LogP contribution < -0.4 is 28.6 Å². The van der Waals surface area contributed by atoms with Crippen LogP contribution in [0.25, 0.3) is 0 Å². The number of aromatic nitrogens is 2. The molecule has 2 rings (SSSR count). The van der Waals surface area contributed by atoms with Gasteiger partial charge in [-0.2, -0.15) is 10.2 Å². The molecule has 0 amide bonds. The Balaban J connectivity index is 2.03. The summed E-state index contributed by atoms with van der Waals surface area (Å²) in [6.07, 6.45) is -3.00. The molecule has 30 heavy (non-hydrogen) atoms. The van der Waals surface area contributed by atoms with Crippen LogP contribution in [-0.2, 0) is 20.0 Å². The molecule has 14 heteroatoms. The first-order valence-electron chi connectivity index (χ1n) is 8.91. The number of ether oxygens (including phenoxy) is 2.